The number of ether oxygens (including phenoxy) is 1. The molecule has 0 aromatic carbocycles. The Bertz CT molecular complexity index is 431. The standard InChI is InChI=1S/C17H29N3O/c1-2-18-14-17(8-11-21-12-9-17)13-15-7-10-20(19-15)16-5-3-4-6-16/h7,10,16,18H,2-6,8-9,11-14H2,1H3. The first-order valence-electron chi connectivity index (χ1n) is 8.64. The Balaban J connectivity index is 1.67. The van der Waals surface area contributed by atoms with E-state index in [1.165, 1.54) is 31.4 Å². The Morgan fingerprint density at radius 3 is 2.81 bits per heavy atom. The quantitative estimate of drug-likeness (QED) is 0.876. The van der Waals surface area contributed by atoms with Crippen LogP contribution in [-0.2, 0) is 11.2 Å². The van der Waals surface area contributed by atoms with Crippen LogP contribution in [0.1, 0.15) is 57.2 Å². The minimum Gasteiger partial charge on any atom is -0.381 e. The molecule has 0 atom stereocenters. The predicted molar refractivity (Wildman–Crippen MR) is 84.5 cm³/mol. The lowest BCUT2D eigenvalue weighted by Crippen LogP contribution is -2.41. The summed E-state index contributed by atoms with van der Waals surface area (Å²) in [6.45, 7) is 6.10. The maximum absolute atomic E-state index is 5.58. The van der Waals surface area contributed by atoms with Gasteiger partial charge in [0.2, 0.25) is 0 Å². The number of rotatable bonds is 6. The smallest absolute Gasteiger partial charge is 0.0630 e. The van der Waals surface area contributed by atoms with Crippen LogP contribution in [0.25, 0.3) is 0 Å². The van der Waals surface area contributed by atoms with Crippen molar-refractivity contribution in [2.24, 2.45) is 5.41 Å². The molecular formula is C17H29N3O. The molecule has 0 unspecified atom stereocenters. The first-order chi connectivity index (χ1) is 10.3. The third-order valence-corrected chi connectivity index (χ3v) is 5.22. The molecule has 0 bridgehead atoms. The Hall–Kier alpha value is -0.870. The number of hydrogen-bond donors (Lipinski definition) is 1. The largest absolute Gasteiger partial charge is 0.381 e. The van der Waals surface area contributed by atoms with Gasteiger partial charge in [0, 0.05) is 26.0 Å². The SMILES string of the molecule is CCNCC1(Cc2ccn(C3CCCC3)n2)CCOCC1. The van der Waals surface area contributed by atoms with Gasteiger partial charge in [-0.25, -0.2) is 0 Å². The lowest BCUT2D eigenvalue weighted by atomic mass is 9.76. The predicted octanol–water partition coefficient (Wildman–Crippen LogP) is 2.95. The fourth-order valence-corrected chi connectivity index (χ4v) is 3.84. The fraction of sp³-hybridized carbons (Fsp3) is 0.824. The Morgan fingerprint density at radius 1 is 1.33 bits per heavy atom. The zero-order chi connectivity index (χ0) is 14.5. The van der Waals surface area contributed by atoms with Crippen molar-refractivity contribution in [1.82, 2.24) is 15.1 Å². The molecule has 1 aromatic heterocycles. The number of hydrogen-bond acceptors (Lipinski definition) is 3. The van der Waals surface area contributed by atoms with E-state index in [2.05, 4.69) is 29.2 Å². The molecule has 1 aliphatic heterocycles. The van der Waals surface area contributed by atoms with E-state index in [0.29, 0.717) is 11.5 Å². The molecule has 1 saturated carbocycles. The molecule has 1 saturated heterocycles. The molecule has 4 heteroatoms. The second-order valence-corrected chi connectivity index (χ2v) is 6.79. The van der Waals surface area contributed by atoms with Gasteiger partial charge in [-0.05, 0) is 50.1 Å². The van der Waals surface area contributed by atoms with Crippen LogP contribution in [0.4, 0.5) is 0 Å². The summed E-state index contributed by atoms with van der Waals surface area (Å²) < 4.78 is 7.80. The molecule has 0 spiro atoms. The molecule has 21 heavy (non-hydrogen) atoms. The van der Waals surface area contributed by atoms with E-state index in [9.17, 15) is 0 Å². The summed E-state index contributed by atoms with van der Waals surface area (Å²) in [7, 11) is 0. The van der Waals surface area contributed by atoms with Crippen molar-refractivity contribution in [3.63, 3.8) is 0 Å². The highest BCUT2D eigenvalue weighted by Crippen LogP contribution is 2.34. The summed E-state index contributed by atoms with van der Waals surface area (Å²) in [6.07, 6.45) is 10.9. The Labute approximate surface area is 128 Å². The molecule has 4 nitrogen and oxygen atoms in total. The van der Waals surface area contributed by atoms with Gasteiger partial charge >= 0.3 is 0 Å². The molecule has 118 valence electrons. The molecule has 0 radical (unpaired) electrons. The first kappa shape index (κ1) is 15.0. The highest BCUT2D eigenvalue weighted by atomic mass is 16.5. The molecule has 1 aromatic rings. The highest BCUT2D eigenvalue weighted by Gasteiger charge is 2.33. The molecule has 2 aliphatic rings. The van der Waals surface area contributed by atoms with Crippen molar-refractivity contribution >= 4 is 0 Å². The van der Waals surface area contributed by atoms with E-state index in [4.69, 9.17) is 9.84 Å². The summed E-state index contributed by atoms with van der Waals surface area (Å²) in [4.78, 5) is 0. The molecule has 1 N–H and O–H groups in total. The van der Waals surface area contributed by atoms with Gasteiger partial charge in [0.05, 0.1) is 11.7 Å². The van der Waals surface area contributed by atoms with E-state index in [1.54, 1.807) is 0 Å². The van der Waals surface area contributed by atoms with Gasteiger partial charge < -0.3 is 10.1 Å². The zero-order valence-corrected chi connectivity index (χ0v) is 13.3. The second kappa shape index (κ2) is 6.93. The summed E-state index contributed by atoms with van der Waals surface area (Å²) in [5.41, 5.74) is 1.60. The lowest BCUT2D eigenvalue weighted by molar-refractivity contribution is 0.0146. The van der Waals surface area contributed by atoms with Crippen LogP contribution in [0.15, 0.2) is 12.3 Å². The second-order valence-electron chi connectivity index (χ2n) is 6.79. The minimum atomic E-state index is 0.336. The molecule has 1 aliphatic carbocycles. The van der Waals surface area contributed by atoms with Gasteiger partial charge in [0.15, 0.2) is 0 Å². The lowest BCUT2D eigenvalue weighted by Gasteiger charge is -2.37. The van der Waals surface area contributed by atoms with Gasteiger partial charge in [0.25, 0.3) is 0 Å². The van der Waals surface area contributed by atoms with Crippen molar-refractivity contribution in [2.45, 2.75) is 57.9 Å². The molecule has 2 heterocycles. The minimum absolute atomic E-state index is 0.336. The van der Waals surface area contributed by atoms with Crippen LogP contribution >= 0.6 is 0 Å². The summed E-state index contributed by atoms with van der Waals surface area (Å²) in [6, 6.07) is 2.89. The molecular weight excluding hydrogens is 262 g/mol. The van der Waals surface area contributed by atoms with E-state index in [0.717, 1.165) is 45.6 Å². The van der Waals surface area contributed by atoms with Crippen LogP contribution in [0.2, 0.25) is 0 Å². The van der Waals surface area contributed by atoms with E-state index in [-0.39, 0.29) is 0 Å². The highest BCUT2D eigenvalue weighted by molar-refractivity contribution is 5.05. The van der Waals surface area contributed by atoms with Gasteiger partial charge in [-0.15, -0.1) is 0 Å². The third kappa shape index (κ3) is 3.67. The van der Waals surface area contributed by atoms with Gasteiger partial charge in [-0.3, -0.25) is 4.68 Å². The topological polar surface area (TPSA) is 39.1 Å². The Kier molecular flexibility index (Phi) is 4.96. The van der Waals surface area contributed by atoms with E-state index >= 15 is 0 Å². The normalized spacial score (nSPS) is 22.7. The van der Waals surface area contributed by atoms with Crippen molar-refractivity contribution in [1.29, 1.82) is 0 Å². The molecule has 3 rings (SSSR count). The zero-order valence-electron chi connectivity index (χ0n) is 13.3. The van der Waals surface area contributed by atoms with Crippen molar-refractivity contribution in [2.75, 3.05) is 26.3 Å². The van der Waals surface area contributed by atoms with Gasteiger partial charge in [0.1, 0.15) is 0 Å². The summed E-state index contributed by atoms with van der Waals surface area (Å²) in [5, 5.41) is 8.44. The van der Waals surface area contributed by atoms with Crippen LogP contribution in [0.5, 0.6) is 0 Å². The number of nitrogens with zero attached hydrogens (tertiary/aromatic N) is 2. The van der Waals surface area contributed by atoms with Crippen LogP contribution in [-0.4, -0.2) is 36.1 Å². The van der Waals surface area contributed by atoms with Crippen molar-refractivity contribution < 1.29 is 4.74 Å². The maximum Gasteiger partial charge on any atom is 0.0630 e. The number of aromatic nitrogens is 2. The van der Waals surface area contributed by atoms with E-state index < -0.39 is 0 Å². The van der Waals surface area contributed by atoms with Gasteiger partial charge in [-0.1, -0.05) is 19.8 Å². The number of nitrogens with one attached hydrogen (secondary N) is 1. The average Bonchev–Trinajstić information content (AvgIpc) is 3.17. The van der Waals surface area contributed by atoms with Crippen LogP contribution < -0.4 is 5.32 Å². The maximum atomic E-state index is 5.58. The van der Waals surface area contributed by atoms with Crippen LogP contribution in [0.3, 0.4) is 0 Å². The van der Waals surface area contributed by atoms with Gasteiger partial charge in [-0.2, -0.15) is 5.10 Å². The monoisotopic (exact) mass is 291 g/mol. The third-order valence-electron chi connectivity index (χ3n) is 5.22. The Morgan fingerprint density at radius 2 is 2.10 bits per heavy atom. The molecule has 0 amide bonds. The average molecular weight is 291 g/mol. The molecule has 2 fully saturated rings. The summed E-state index contributed by atoms with van der Waals surface area (Å²) in [5.74, 6) is 0. The van der Waals surface area contributed by atoms with E-state index in [1.807, 2.05) is 0 Å². The first-order valence-corrected chi connectivity index (χ1v) is 8.64. The summed E-state index contributed by atoms with van der Waals surface area (Å²) >= 11 is 0. The van der Waals surface area contributed by atoms with Crippen molar-refractivity contribution in [3.8, 4) is 0 Å². The van der Waals surface area contributed by atoms with Crippen molar-refractivity contribution in [3.05, 3.63) is 18.0 Å². The fourth-order valence-electron chi connectivity index (χ4n) is 3.84. The van der Waals surface area contributed by atoms with Crippen LogP contribution in [0, 0.1) is 5.41 Å².